The normalized spacial score (nSPS) is 15.9. The minimum Gasteiger partial charge on any atom is -0.508 e. The zero-order valence-electron chi connectivity index (χ0n) is 14.8. The van der Waals surface area contributed by atoms with E-state index in [1.54, 1.807) is 12.1 Å². The second-order valence-corrected chi connectivity index (χ2v) is 7.13. The molecule has 0 bridgehead atoms. The number of hydrogen-bond donors (Lipinski definition) is 1. The molecule has 1 N–H and O–H groups in total. The fourth-order valence-corrected chi connectivity index (χ4v) is 3.89. The van der Waals surface area contributed by atoms with Crippen LogP contribution in [0, 0.1) is 0 Å². The van der Waals surface area contributed by atoms with Gasteiger partial charge in [0.1, 0.15) is 11.3 Å². The maximum absolute atomic E-state index is 12.0. The van der Waals surface area contributed by atoms with Crippen LogP contribution in [-0.2, 0) is 13.0 Å². The zero-order chi connectivity index (χ0) is 17.3. The lowest BCUT2D eigenvalue weighted by Gasteiger charge is -2.32. The van der Waals surface area contributed by atoms with Gasteiger partial charge >= 0.3 is 5.63 Å². The van der Waals surface area contributed by atoms with Crippen LogP contribution in [0.5, 0.6) is 5.75 Å². The molecule has 0 radical (unpaired) electrons. The van der Waals surface area contributed by atoms with Crippen LogP contribution in [0.2, 0.25) is 0 Å². The topological polar surface area (TPSA) is 53.7 Å². The smallest absolute Gasteiger partial charge is 0.336 e. The maximum atomic E-state index is 12.0. The van der Waals surface area contributed by atoms with Crippen molar-refractivity contribution in [2.45, 2.75) is 71.5 Å². The van der Waals surface area contributed by atoms with Crippen LogP contribution in [-0.4, -0.2) is 22.1 Å². The van der Waals surface area contributed by atoms with E-state index in [1.165, 1.54) is 25.7 Å². The molecular formula is C20H27NO3. The molecule has 0 saturated heterocycles. The third-order valence-corrected chi connectivity index (χ3v) is 5.22. The number of benzene rings is 1. The predicted octanol–water partition coefficient (Wildman–Crippen LogP) is 4.21. The molecule has 24 heavy (non-hydrogen) atoms. The van der Waals surface area contributed by atoms with E-state index >= 15 is 0 Å². The van der Waals surface area contributed by atoms with Gasteiger partial charge in [-0.15, -0.1) is 0 Å². The van der Waals surface area contributed by atoms with Gasteiger partial charge in [-0.2, -0.15) is 0 Å². The molecule has 1 aliphatic carbocycles. The van der Waals surface area contributed by atoms with E-state index in [4.69, 9.17) is 4.42 Å². The Morgan fingerprint density at radius 2 is 1.92 bits per heavy atom. The minimum atomic E-state index is -0.351. The fourth-order valence-electron chi connectivity index (χ4n) is 3.89. The number of phenolic OH excluding ortho intramolecular Hbond substituents is 1. The Morgan fingerprint density at radius 1 is 1.21 bits per heavy atom. The van der Waals surface area contributed by atoms with Gasteiger partial charge in [-0.1, -0.05) is 19.8 Å². The van der Waals surface area contributed by atoms with Crippen LogP contribution in [0.3, 0.4) is 0 Å². The summed E-state index contributed by atoms with van der Waals surface area (Å²) < 4.78 is 5.32. The zero-order valence-corrected chi connectivity index (χ0v) is 14.8. The molecule has 3 rings (SSSR count). The number of aromatic hydroxyl groups is 1. The lowest BCUT2D eigenvalue weighted by atomic mass is 10.0. The molecule has 4 heteroatoms. The highest BCUT2D eigenvalue weighted by molar-refractivity contribution is 5.82. The molecular weight excluding hydrogens is 302 g/mol. The summed E-state index contributed by atoms with van der Waals surface area (Å²) in [7, 11) is 0. The SMILES string of the molecule is CCc1cc2c(CN(C(C)C)C3CCCC3)cc(=O)oc2cc1O. The third-order valence-electron chi connectivity index (χ3n) is 5.22. The van der Waals surface area contributed by atoms with Crippen molar-refractivity contribution in [2.24, 2.45) is 0 Å². The number of phenols is 1. The second-order valence-electron chi connectivity index (χ2n) is 7.13. The first-order valence-corrected chi connectivity index (χ1v) is 9.04. The van der Waals surface area contributed by atoms with E-state index < -0.39 is 0 Å². The Bertz CT molecular complexity index is 772. The van der Waals surface area contributed by atoms with Gasteiger partial charge in [0, 0.05) is 36.1 Å². The van der Waals surface area contributed by atoms with Crippen LogP contribution in [0.1, 0.15) is 57.6 Å². The molecule has 1 aliphatic rings. The monoisotopic (exact) mass is 329 g/mol. The number of fused-ring (bicyclic) bond motifs is 1. The van der Waals surface area contributed by atoms with Crippen molar-refractivity contribution < 1.29 is 9.52 Å². The molecule has 1 aromatic heterocycles. The average Bonchev–Trinajstić information content (AvgIpc) is 3.05. The molecule has 1 aromatic carbocycles. The number of rotatable bonds is 5. The first-order valence-electron chi connectivity index (χ1n) is 9.04. The van der Waals surface area contributed by atoms with Crippen LogP contribution < -0.4 is 5.63 Å². The van der Waals surface area contributed by atoms with Gasteiger partial charge in [-0.25, -0.2) is 4.79 Å². The van der Waals surface area contributed by atoms with E-state index in [1.807, 2.05) is 13.0 Å². The lowest BCUT2D eigenvalue weighted by Crippen LogP contribution is -2.38. The second kappa shape index (κ2) is 6.98. The molecule has 130 valence electrons. The van der Waals surface area contributed by atoms with Gasteiger partial charge in [0.2, 0.25) is 0 Å². The van der Waals surface area contributed by atoms with Gasteiger partial charge in [0.05, 0.1) is 0 Å². The summed E-state index contributed by atoms with van der Waals surface area (Å²) in [5.74, 6) is 0.196. The molecule has 1 saturated carbocycles. The molecule has 4 nitrogen and oxygen atoms in total. The first-order chi connectivity index (χ1) is 11.5. The molecule has 0 unspecified atom stereocenters. The van der Waals surface area contributed by atoms with Crippen molar-refractivity contribution in [3.63, 3.8) is 0 Å². The van der Waals surface area contributed by atoms with Gasteiger partial charge in [0.15, 0.2) is 0 Å². The number of nitrogens with zero attached hydrogens (tertiary/aromatic N) is 1. The highest BCUT2D eigenvalue weighted by Gasteiger charge is 2.25. The van der Waals surface area contributed by atoms with Crippen molar-refractivity contribution in [2.75, 3.05) is 0 Å². The summed E-state index contributed by atoms with van der Waals surface area (Å²) in [6, 6.07) is 6.18. The maximum Gasteiger partial charge on any atom is 0.336 e. The van der Waals surface area contributed by atoms with Crippen molar-refractivity contribution in [3.05, 3.63) is 39.7 Å². The summed E-state index contributed by atoms with van der Waals surface area (Å²) in [5.41, 5.74) is 2.00. The van der Waals surface area contributed by atoms with Crippen LogP contribution >= 0.6 is 0 Å². The van der Waals surface area contributed by atoms with E-state index in [0.29, 0.717) is 17.7 Å². The van der Waals surface area contributed by atoms with Gasteiger partial charge < -0.3 is 9.52 Å². The standard InChI is InChI=1S/C20H27NO3/c1-4-14-9-17-15(10-20(23)24-19(17)11-18(14)22)12-21(13(2)3)16-7-5-6-8-16/h9-11,13,16,22H,4-8,12H2,1-3H3. The fraction of sp³-hybridized carbons (Fsp3) is 0.550. The highest BCUT2D eigenvalue weighted by atomic mass is 16.4. The Balaban J connectivity index is 2.05. The van der Waals surface area contributed by atoms with Crippen LogP contribution in [0.4, 0.5) is 0 Å². The number of aryl methyl sites for hydroxylation is 1. The van der Waals surface area contributed by atoms with Crippen molar-refractivity contribution in [3.8, 4) is 5.75 Å². The van der Waals surface area contributed by atoms with E-state index in [9.17, 15) is 9.90 Å². The highest BCUT2D eigenvalue weighted by Crippen LogP contribution is 2.30. The Morgan fingerprint density at radius 3 is 2.54 bits per heavy atom. The molecule has 0 atom stereocenters. The summed E-state index contributed by atoms with van der Waals surface area (Å²) in [4.78, 5) is 14.5. The van der Waals surface area contributed by atoms with Crippen LogP contribution in [0.15, 0.2) is 27.4 Å². The Hall–Kier alpha value is -1.81. The van der Waals surface area contributed by atoms with E-state index in [-0.39, 0.29) is 11.4 Å². The number of hydrogen-bond acceptors (Lipinski definition) is 4. The summed E-state index contributed by atoms with van der Waals surface area (Å²) >= 11 is 0. The molecule has 1 heterocycles. The van der Waals surface area contributed by atoms with Crippen LogP contribution in [0.25, 0.3) is 11.0 Å². The summed E-state index contributed by atoms with van der Waals surface area (Å²) in [5, 5.41) is 11.0. The predicted molar refractivity (Wildman–Crippen MR) is 96.5 cm³/mol. The van der Waals surface area contributed by atoms with Gasteiger partial charge in [-0.3, -0.25) is 4.90 Å². The molecule has 1 fully saturated rings. The van der Waals surface area contributed by atoms with E-state index in [2.05, 4.69) is 18.7 Å². The lowest BCUT2D eigenvalue weighted by molar-refractivity contribution is 0.146. The summed E-state index contributed by atoms with van der Waals surface area (Å²) in [6.45, 7) is 7.20. The molecule has 0 aliphatic heterocycles. The summed E-state index contributed by atoms with van der Waals surface area (Å²) in [6.07, 6.45) is 5.80. The van der Waals surface area contributed by atoms with Gasteiger partial charge in [-0.05, 0) is 50.3 Å². The average molecular weight is 329 g/mol. The van der Waals surface area contributed by atoms with E-state index in [0.717, 1.165) is 29.5 Å². The first kappa shape index (κ1) is 17.0. The molecule has 2 aromatic rings. The Kier molecular flexibility index (Phi) is 4.95. The third kappa shape index (κ3) is 3.34. The van der Waals surface area contributed by atoms with Crippen molar-refractivity contribution >= 4 is 11.0 Å². The quantitative estimate of drug-likeness (QED) is 0.835. The molecule has 0 amide bonds. The largest absolute Gasteiger partial charge is 0.508 e. The van der Waals surface area contributed by atoms with Gasteiger partial charge in [0.25, 0.3) is 0 Å². The Labute approximate surface area is 143 Å². The minimum absolute atomic E-state index is 0.196. The molecule has 0 spiro atoms. The van der Waals surface area contributed by atoms with Crippen molar-refractivity contribution in [1.82, 2.24) is 4.90 Å². The van der Waals surface area contributed by atoms with Crippen molar-refractivity contribution in [1.29, 1.82) is 0 Å².